The summed E-state index contributed by atoms with van der Waals surface area (Å²) in [5.74, 6) is 0.405. The van der Waals surface area contributed by atoms with Crippen molar-refractivity contribution in [1.29, 1.82) is 0 Å². The number of phosphoric acid groups is 1. The number of carbonyl (C=O) groups excluding carboxylic acids is 6. The summed E-state index contributed by atoms with van der Waals surface area (Å²) in [5.41, 5.74) is 15.6. The number of carbonyl (C=O) groups is 6. The second kappa shape index (κ2) is 36.1. The van der Waals surface area contributed by atoms with Crippen LogP contribution >= 0.6 is 7.82 Å². The summed E-state index contributed by atoms with van der Waals surface area (Å²) in [5, 5.41) is 0. The number of ether oxygens (including phenoxy) is 6. The van der Waals surface area contributed by atoms with Crippen molar-refractivity contribution in [3.63, 3.8) is 0 Å². The molecule has 3 atom stereocenters. The molecule has 9 aromatic carbocycles. The van der Waals surface area contributed by atoms with Crippen molar-refractivity contribution < 1.29 is 75.3 Å². The molecule has 0 bridgehead atoms. The molecular weight excluding hydrogens is 1820 g/mol. The lowest BCUT2D eigenvalue weighted by Crippen LogP contribution is -2.42. The fraction of sp³-hybridized carbons (Fsp3) is 0.132. The van der Waals surface area contributed by atoms with Crippen molar-refractivity contribution in [3.8, 4) is 85.5 Å². The number of hydrogen-bond acceptors (Lipinski definition) is 19. The van der Waals surface area contributed by atoms with Crippen molar-refractivity contribution in [2.24, 2.45) is 0 Å². The number of phosphoric ester groups is 1. The fourth-order valence-electron chi connectivity index (χ4n) is 20.3. The van der Waals surface area contributed by atoms with E-state index in [1.54, 1.807) is 165 Å². The Kier molecular flexibility index (Phi) is 22.1. The second-order valence-electron chi connectivity index (χ2n) is 36.0. The lowest BCUT2D eigenvalue weighted by molar-refractivity contribution is 0.0651. The van der Waals surface area contributed by atoms with Gasteiger partial charge in [-0.1, -0.05) is 91.0 Å². The van der Waals surface area contributed by atoms with Gasteiger partial charge in [-0.3, -0.25) is 58.4 Å². The maximum atomic E-state index is 16.5. The minimum atomic E-state index is -5.08. The summed E-state index contributed by atoms with van der Waals surface area (Å²) in [6, 6.07) is 85.6. The fourth-order valence-corrected chi connectivity index (χ4v) is 21.6. The Bertz CT molecular complexity index is 7470. The number of amides is 6. The van der Waals surface area contributed by atoms with E-state index in [9.17, 15) is 0 Å². The van der Waals surface area contributed by atoms with Gasteiger partial charge in [-0.15, -0.1) is 0 Å². The number of rotatable bonds is 21. The van der Waals surface area contributed by atoms with Crippen LogP contribution in [0, 0.1) is 0 Å². The summed E-state index contributed by atoms with van der Waals surface area (Å²) >= 11 is 0. The van der Waals surface area contributed by atoms with Gasteiger partial charge in [0.1, 0.15) is 17.2 Å². The van der Waals surface area contributed by atoms with Crippen LogP contribution in [0.15, 0.2) is 347 Å². The molecule has 15 heterocycles. The van der Waals surface area contributed by atoms with Gasteiger partial charge in [0, 0.05) is 127 Å². The maximum Gasteiger partial charge on any atom is 0.647 e. The molecule has 6 aliphatic heterocycles. The highest BCUT2D eigenvalue weighted by Crippen LogP contribution is 2.53. The van der Waals surface area contributed by atoms with Gasteiger partial charge in [-0.05, 0) is 274 Å². The Morgan fingerprint density at radius 2 is 0.538 bits per heavy atom. The van der Waals surface area contributed by atoms with Crippen LogP contribution in [-0.2, 0) is 43.5 Å². The molecule has 0 spiro atoms. The van der Waals surface area contributed by atoms with Gasteiger partial charge in [0.15, 0.2) is 34.5 Å². The van der Waals surface area contributed by atoms with Crippen LogP contribution in [0.5, 0.6) is 51.7 Å². The average molecular weight is 1910 g/mol. The highest BCUT2D eigenvalue weighted by Gasteiger charge is 2.41. The van der Waals surface area contributed by atoms with Crippen LogP contribution in [0.3, 0.4) is 0 Å². The van der Waals surface area contributed by atoms with E-state index >= 15 is 33.3 Å². The first-order valence-corrected chi connectivity index (χ1v) is 48.4. The number of hydrogen-bond donors (Lipinski definition) is 0. The van der Waals surface area contributed by atoms with Gasteiger partial charge in [-0.2, -0.15) is 4.57 Å². The molecule has 0 unspecified atom stereocenters. The van der Waals surface area contributed by atoms with Crippen molar-refractivity contribution in [2.75, 3.05) is 35.1 Å². The van der Waals surface area contributed by atoms with Crippen LogP contribution in [0.4, 0.5) is 34.1 Å². The maximum absolute atomic E-state index is 16.5. The summed E-state index contributed by atoms with van der Waals surface area (Å²) in [6.07, 6.45) is 17.0. The Balaban J connectivity index is 0.576. The van der Waals surface area contributed by atoms with Gasteiger partial charge < -0.3 is 69.9 Å². The molecular formula is C114H87N12O16P. The van der Waals surface area contributed by atoms with E-state index in [4.69, 9.17) is 42.0 Å². The zero-order valence-corrected chi connectivity index (χ0v) is 78.2. The van der Waals surface area contributed by atoms with Crippen molar-refractivity contribution in [3.05, 3.63) is 414 Å². The molecule has 0 N–H and O–H groups in total. The van der Waals surface area contributed by atoms with E-state index in [0.717, 1.165) is 16.7 Å². The molecule has 6 amide bonds. The number of benzene rings is 9. The van der Waals surface area contributed by atoms with Crippen LogP contribution in [0.2, 0.25) is 0 Å². The summed E-state index contributed by atoms with van der Waals surface area (Å²) < 4.78 is 77.7. The SMILES string of the molecule is C[C@@H]1Cc2ccccc2CN1C(=O)c1cc2c(cc1-c1cc(C(=O)N(c3ccncc3)c3ccc(OP(=O)(Oc4ccc(N(C(=O)c5cc(-c6cc7c(cc6C(=O)N6Cc8ccccc8C[C@H]6C)OCO7)n6ccccc56)c5ccncc5)cc4)Oc4ccc(N(C(=O)c5cc(-c6cc7c(cc6C(=O)N6Cc8ccccc8C[C@H]6C)OCO7)n6ccccc56)c5ccncc5)cc4)cc3)c3ccccn13)OCO2. The Morgan fingerprint density at radius 1 is 0.294 bits per heavy atom. The molecule has 0 aliphatic carbocycles. The molecule has 704 valence electrons. The number of fused-ring (bicyclic) bond motifs is 9. The summed E-state index contributed by atoms with van der Waals surface area (Å²) in [6.45, 7) is 7.16. The molecule has 143 heavy (non-hydrogen) atoms. The topological polar surface area (TPSA) is 274 Å². The van der Waals surface area contributed by atoms with Gasteiger partial charge >= 0.3 is 7.82 Å². The van der Waals surface area contributed by atoms with Crippen LogP contribution in [0.25, 0.3) is 50.3 Å². The third kappa shape index (κ3) is 16.0. The Labute approximate surface area is 819 Å². The molecule has 24 rings (SSSR count). The molecule has 0 saturated carbocycles. The molecule has 0 saturated heterocycles. The monoisotopic (exact) mass is 1910 g/mol. The molecule has 0 radical (unpaired) electrons. The van der Waals surface area contributed by atoms with E-state index in [2.05, 4.69) is 33.2 Å². The quantitative estimate of drug-likeness (QED) is 0.0604. The predicted octanol–water partition coefficient (Wildman–Crippen LogP) is 22.2. The minimum absolute atomic E-state index is 0.0362. The van der Waals surface area contributed by atoms with Gasteiger partial charge in [-0.25, -0.2) is 0 Å². The summed E-state index contributed by atoms with van der Waals surface area (Å²) in [7, 11) is -5.08. The van der Waals surface area contributed by atoms with Crippen molar-refractivity contribution in [2.45, 2.75) is 77.8 Å². The number of pyridine rings is 6. The molecule has 28 nitrogen and oxygen atoms in total. The number of nitrogens with zero attached hydrogens (tertiary/aromatic N) is 12. The van der Waals surface area contributed by atoms with Gasteiger partial charge in [0.2, 0.25) is 20.4 Å². The van der Waals surface area contributed by atoms with E-state index in [0.29, 0.717) is 175 Å². The molecule has 29 heteroatoms. The molecule has 18 aromatic rings. The number of aromatic nitrogens is 6. The second-order valence-corrected chi connectivity index (χ2v) is 37.4. The van der Waals surface area contributed by atoms with Crippen LogP contribution < -0.4 is 56.7 Å². The Hall–Kier alpha value is -18.0. The third-order valence-corrected chi connectivity index (χ3v) is 28.7. The molecule has 6 aliphatic rings. The standard InChI is InChI=1S/C114H87N12O16P/c1-70-52-73-16-4-7-19-76(73)64-121(70)109(127)91-61-106-103(134-67-137-106)58-88(91)100-55-94(97-22-10-13-49-118(97)100)112(130)124(82-37-43-115-44-38-82)79-25-31-85(32-26-79)140-143(133,141-86-33-27-80(28-34-86)125(83-39-45-116-46-40-83)113(131)95-56-101(119-50-14-11-23-98(95)119)89-59-104-107(138-68-135-104)62-92(89)110(128)122-65-77-20-8-5-17-74(77)53-71(122)2)142-87-35-29-81(30-36-87)126(84-41-47-117-48-42-84)114(132)96-57-102(120-51-15-12-24-99(96)120)90-60-105-108(139-69-136-105)63-93(90)111(129)123-66-78-21-9-6-18-75(78)54-72(123)3/h4-51,55-63,70-72H,52-54,64-69H2,1-3H3/t70-,71-,72-/m1/s1. The van der Waals surface area contributed by atoms with E-state index in [1.807, 2.05) is 176 Å². The highest BCUT2D eigenvalue weighted by molar-refractivity contribution is 7.49. The van der Waals surface area contributed by atoms with E-state index in [-0.39, 0.29) is 90.2 Å². The normalized spacial score (nSPS) is 15.3. The van der Waals surface area contributed by atoms with Crippen LogP contribution in [-0.4, -0.2) is 117 Å². The first-order valence-electron chi connectivity index (χ1n) is 46.9. The lowest BCUT2D eigenvalue weighted by Gasteiger charge is -2.35. The van der Waals surface area contributed by atoms with Gasteiger partial charge in [0.05, 0.1) is 84.1 Å². The third-order valence-electron chi connectivity index (χ3n) is 27.4. The largest absolute Gasteiger partial charge is 0.647 e. The van der Waals surface area contributed by atoms with E-state index < -0.39 is 25.5 Å². The van der Waals surface area contributed by atoms with Crippen LogP contribution in [0.1, 0.15) is 116 Å². The first-order chi connectivity index (χ1) is 69.9. The number of anilines is 6. The van der Waals surface area contributed by atoms with Crippen molar-refractivity contribution in [1.82, 2.24) is 42.9 Å². The first kappa shape index (κ1) is 87.7. The predicted molar refractivity (Wildman–Crippen MR) is 536 cm³/mol. The Morgan fingerprint density at radius 3 is 0.811 bits per heavy atom. The minimum Gasteiger partial charge on any atom is -0.454 e. The highest BCUT2D eigenvalue weighted by atomic mass is 31.2. The molecule has 9 aromatic heterocycles. The lowest BCUT2D eigenvalue weighted by atomic mass is 9.93. The van der Waals surface area contributed by atoms with E-state index in [1.165, 1.54) is 67.8 Å². The molecule has 0 fully saturated rings. The average Bonchev–Trinajstić information content (AvgIpc) is 1.61. The van der Waals surface area contributed by atoms with Crippen molar-refractivity contribution >= 4 is 93.9 Å². The zero-order chi connectivity index (χ0) is 96.8. The zero-order valence-electron chi connectivity index (χ0n) is 77.4. The summed E-state index contributed by atoms with van der Waals surface area (Å²) in [4.78, 5) is 117. The smallest absolute Gasteiger partial charge is 0.454 e. The van der Waals surface area contributed by atoms with Gasteiger partial charge in [0.25, 0.3) is 35.4 Å².